The molecule has 9 heteroatoms. The molecule has 164 valence electrons. The molecule has 0 aliphatic carbocycles. The van der Waals surface area contributed by atoms with Crippen LogP contribution in [0.5, 0.6) is 0 Å². The van der Waals surface area contributed by atoms with Gasteiger partial charge in [0, 0.05) is 53.5 Å². The molecule has 0 amide bonds. The maximum absolute atomic E-state index is 11.8. The van der Waals surface area contributed by atoms with Crippen LogP contribution in [-0.4, -0.2) is 36.4 Å². The summed E-state index contributed by atoms with van der Waals surface area (Å²) in [6, 6.07) is 20.1. The van der Waals surface area contributed by atoms with Crippen LogP contribution >= 0.6 is 11.1 Å². The van der Waals surface area contributed by atoms with Crippen molar-refractivity contribution in [3.8, 4) is 0 Å². The summed E-state index contributed by atoms with van der Waals surface area (Å²) in [7, 11) is 0. The minimum Gasteiger partial charge on any atom is -0.546 e. The largest absolute Gasteiger partial charge is 0.546 e. The van der Waals surface area contributed by atoms with E-state index in [0.29, 0.717) is 24.7 Å². The molecule has 0 bridgehead atoms. The molecule has 0 radical (unpaired) electrons. The van der Waals surface area contributed by atoms with Gasteiger partial charge in [0.1, 0.15) is 5.82 Å². The van der Waals surface area contributed by atoms with Crippen LogP contribution in [0.4, 0.5) is 17.5 Å². The van der Waals surface area contributed by atoms with Gasteiger partial charge in [0.05, 0.1) is 0 Å². The van der Waals surface area contributed by atoms with E-state index in [0.717, 1.165) is 30.9 Å². The van der Waals surface area contributed by atoms with Crippen LogP contribution in [0.25, 0.3) is 0 Å². The average molecular weight is 448 g/mol. The van der Waals surface area contributed by atoms with Crippen LogP contribution in [-0.2, 0) is 13.1 Å². The van der Waals surface area contributed by atoms with Crippen LogP contribution < -0.4 is 15.5 Å². The Morgan fingerprint density at radius 2 is 1.62 bits per heavy atom. The maximum Gasteiger partial charge on any atom is 0.233 e. The van der Waals surface area contributed by atoms with E-state index in [1.54, 1.807) is 12.4 Å². The van der Waals surface area contributed by atoms with Crippen molar-refractivity contribution in [3.63, 3.8) is 0 Å². The second kappa shape index (κ2) is 11.2. The topological polar surface area (TPSA) is 102 Å². The lowest BCUT2D eigenvalue weighted by Crippen LogP contribution is -2.26. The highest BCUT2D eigenvalue weighted by Gasteiger charge is 2.15. The molecule has 1 unspecified atom stereocenters. The van der Waals surface area contributed by atoms with Gasteiger partial charge in [-0.1, -0.05) is 42.5 Å². The fourth-order valence-corrected chi connectivity index (χ4v) is 3.93. The number of benzene rings is 1. The number of nitrogens with one attached hydrogen (secondary N) is 2. The van der Waals surface area contributed by atoms with Gasteiger partial charge in [-0.2, -0.15) is 0 Å². The highest BCUT2D eigenvalue weighted by Crippen LogP contribution is 2.23. The van der Waals surface area contributed by atoms with Crippen LogP contribution in [0.3, 0.4) is 0 Å². The summed E-state index contributed by atoms with van der Waals surface area (Å²) in [5.74, 6) is 1.98. The molecule has 4 rings (SSSR count). The van der Waals surface area contributed by atoms with Gasteiger partial charge in [-0.25, -0.2) is 4.98 Å². The molecular formula is C23H25N7OS. The summed E-state index contributed by atoms with van der Waals surface area (Å²) in [6.07, 6.45) is 6.17. The SMILES string of the molecule is [O-][s+]1nc(NCCCN(Cc2ccccc2)c2ccccn2)c(NCc2cccnc2)n1. The molecule has 8 nitrogen and oxygen atoms in total. The van der Waals surface area contributed by atoms with Crippen molar-refractivity contribution in [1.82, 2.24) is 18.7 Å². The van der Waals surface area contributed by atoms with E-state index in [1.807, 2.05) is 54.7 Å². The van der Waals surface area contributed by atoms with Gasteiger partial charge in [0.2, 0.25) is 11.6 Å². The van der Waals surface area contributed by atoms with Crippen molar-refractivity contribution in [2.45, 2.75) is 19.5 Å². The van der Waals surface area contributed by atoms with Crippen LogP contribution in [0, 0.1) is 0 Å². The Morgan fingerprint density at radius 1 is 0.844 bits per heavy atom. The van der Waals surface area contributed by atoms with E-state index in [2.05, 4.69) is 46.4 Å². The molecule has 0 saturated heterocycles. The molecule has 0 saturated carbocycles. The number of rotatable bonds is 11. The summed E-state index contributed by atoms with van der Waals surface area (Å²) < 4.78 is 20.0. The highest BCUT2D eigenvalue weighted by atomic mass is 32.2. The predicted octanol–water partition coefficient (Wildman–Crippen LogP) is 4.12. The maximum atomic E-state index is 11.8. The standard InChI is InChI=1S/C23H25N7OS/c31-32-28-22(23(29-32)27-17-20-10-6-12-24-16-20)26-14-7-15-30(21-11-4-5-13-25-21)18-19-8-2-1-3-9-19/h1-6,8-13,16H,7,14-15,17-18H2,(H,26,28)(H,27,29). The summed E-state index contributed by atoms with van der Waals surface area (Å²) in [5.41, 5.74) is 2.25. The molecule has 0 spiro atoms. The van der Waals surface area contributed by atoms with Crippen molar-refractivity contribution < 1.29 is 4.55 Å². The fraction of sp³-hybridized carbons (Fsp3) is 0.217. The smallest absolute Gasteiger partial charge is 0.233 e. The summed E-state index contributed by atoms with van der Waals surface area (Å²) in [5, 5.41) is 6.46. The number of aromatic nitrogens is 4. The van der Waals surface area contributed by atoms with Crippen LogP contribution in [0.2, 0.25) is 0 Å². The Kier molecular flexibility index (Phi) is 7.56. The van der Waals surface area contributed by atoms with E-state index in [9.17, 15) is 4.55 Å². The number of hydrogen-bond acceptors (Lipinski definition) is 8. The Morgan fingerprint density at radius 3 is 2.38 bits per heavy atom. The molecule has 2 N–H and O–H groups in total. The lowest BCUT2D eigenvalue weighted by Gasteiger charge is -2.24. The highest BCUT2D eigenvalue weighted by molar-refractivity contribution is 7.14. The lowest BCUT2D eigenvalue weighted by molar-refractivity contribution is 0.585. The molecule has 0 fully saturated rings. The second-order valence-corrected chi connectivity index (χ2v) is 8.03. The lowest BCUT2D eigenvalue weighted by atomic mass is 10.2. The first-order valence-corrected chi connectivity index (χ1v) is 11.5. The van der Waals surface area contributed by atoms with Crippen molar-refractivity contribution in [2.24, 2.45) is 0 Å². The van der Waals surface area contributed by atoms with E-state index >= 15 is 0 Å². The first kappa shape index (κ1) is 21.7. The van der Waals surface area contributed by atoms with Gasteiger partial charge >= 0.3 is 0 Å². The number of anilines is 3. The van der Waals surface area contributed by atoms with Gasteiger partial charge < -0.3 is 20.1 Å². The third kappa shape index (κ3) is 6.22. The van der Waals surface area contributed by atoms with Crippen molar-refractivity contribution in [2.75, 3.05) is 28.6 Å². The molecule has 0 aliphatic rings. The minimum absolute atomic E-state index is 0.512. The van der Waals surface area contributed by atoms with Gasteiger partial charge in [-0.05, 0) is 35.7 Å². The second-order valence-electron chi connectivity index (χ2n) is 7.20. The van der Waals surface area contributed by atoms with Gasteiger partial charge in [-0.3, -0.25) is 4.98 Å². The van der Waals surface area contributed by atoms with E-state index in [4.69, 9.17) is 0 Å². The number of hydrogen-bond donors (Lipinski definition) is 2. The molecule has 4 aromatic rings. The van der Waals surface area contributed by atoms with Crippen LogP contribution in [0.1, 0.15) is 17.5 Å². The Bertz CT molecular complexity index is 1080. The first-order valence-electron chi connectivity index (χ1n) is 10.4. The van der Waals surface area contributed by atoms with Crippen LogP contribution in [0.15, 0.2) is 79.3 Å². The zero-order valence-corrected chi connectivity index (χ0v) is 18.4. The predicted molar refractivity (Wildman–Crippen MR) is 127 cm³/mol. The van der Waals surface area contributed by atoms with E-state index in [-0.39, 0.29) is 0 Å². The van der Waals surface area contributed by atoms with Crippen molar-refractivity contribution >= 4 is 28.6 Å². The Balaban J connectivity index is 1.33. The third-order valence-electron chi connectivity index (χ3n) is 4.83. The third-order valence-corrected chi connectivity index (χ3v) is 5.51. The van der Waals surface area contributed by atoms with Gasteiger partial charge in [0.15, 0.2) is 11.1 Å². The molecule has 0 aliphatic heterocycles. The van der Waals surface area contributed by atoms with Gasteiger partial charge in [0.25, 0.3) is 0 Å². The molecule has 3 aromatic heterocycles. The van der Waals surface area contributed by atoms with Gasteiger partial charge in [-0.15, -0.1) is 0 Å². The number of pyridine rings is 2. The molecule has 3 heterocycles. The normalized spacial score (nSPS) is 11.2. The van der Waals surface area contributed by atoms with Crippen molar-refractivity contribution in [3.05, 3.63) is 90.4 Å². The minimum atomic E-state index is -1.60. The molecule has 32 heavy (non-hydrogen) atoms. The number of nitrogens with zero attached hydrogens (tertiary/aromatic N) is 5. The first-order chi connectivity index (χ1) is 15.8. The Labute approximate surface area is 190 Å². The van der Waals surface area contributed by atoms with E-state index in [1.165, 1.54) is 5.56 Å². The zero-order chi connectivity index (χ0) is 22.0. The summed E-state index contributed by atoms with van der Waals surface area (Å²) in [4.78, 5) is 10.9. The molecular weight excluding hydrogens is 422 g/mol. The zero-order valence-electron chi connectivity index (χ0n) is 17.6. The summed E-state index contributed by atoms with van der Waals surface area (Å²) >= 11 is -1.60. The summed E-state index contributed by atoms with van der Waals surface area (Å²) in [6.45, 7) is 2.80. The molecule has 1 atom stereocenters. The van der Waals surface area contributed by atoms with E-state index < -0.39 is 11.1 Å². The fourth-order valence-electron chi connectivity index (χ4n) is 3.28. The quantitative estimate of drug-likeness (QED) is 0.262. The monoisotopic (exact) mass is 447 g/mol. The Hall–Kier alpha value is -3.56. The van der Waals surface area contributed by atoms with Crippen molar-refractivity contribution in [1.29, 1.82) is 0 Å². The average Bonchev–Trinajstić information content (AvgIpc) is 3.20. The molecule has 1 aromatic carbocycles.